The van der Waals surface area contributed by atoms with Crippen molar-refractivity contribution < 1.29 is 42.1 Å². The predicted octanol–water partition coefficient (Wildman–Crippen LogP) is 2.31. The predicted molar refractivity (Wildman–Crippen MR) is 106 cm³/mol. The third-order valence-corrected chi connectivity index (χ3v) is 5.69. The van der Waals surface area contributed by atoms with E-state index in [4.69, 9.17) is 14.2 Å². The number of hydrogen-bond acceptors (Lipinski definition) is 8. The van der Waals surface area contributed by atoms with Crippen molar-refractivity contribution in [1.82, 2.24) is 0 Å². The monoisotopic (exact) mass is 439 g/mol. The second-order valence-electron chi connectivity index (χ2n) is 5.95. The molecule has 162 valence electrons. The normalized spacial score (nSPS) is 10.8. The topological polar surface area (TPSA) is 137 Å². The van der Waals surface area contributed by atoms with E-state index in [0.717, 1.165) is 12.1 Å². The van der Waals surface area contributed by atoms with E-state index < -0.39 is 27.5 Å². The van der Waals surface area contributed by atoms with Gasteiger partial charge in [-0.3, -0.25) is 4.72 Å². The van der Waals surface area contributed by atoms with Gasteiger partial charge >= 0.3 is 11.9 Å². The van der Waals surface area contributed by atoms with Crippen LogP contribution in [0.2, 0.25) is 0 Å². The van der Waals surface area contributed by atoms with Crippen molar-refractivity contribution in [1.29, 1.82) is 0 Å². The summed E-state index contributed by atoms with van der Waals surface area (Å²) in [6, 6.07) is 5.10. The van der Waals surface area contributed by atoms with Crippen molar-refractivity contribution in [3.05, 3.63) is 41.0 Å². The van der Waals surface area contributed by atoms with Gasteiger partial charge in [0.25, 0.3) is 10.0 Å². The fraction of sp³-hybridized carbons (Fsp3) is 0.263. The molecule has 30 heavy (non-hydrogen) atoms. The number of benzene rings is 2. The first-order valence-electron chi connectivity index (χ1n) is 8.39. The van der Waals surface area contributed by atoms with Crippen LogP contribution in [0.4, 0.5) is 5.69 Å². The number of aryl methyl sites for hydroxylation is 1. The van der Waals surface area contributed by atoms with Crippen molar-refractivity contribution in [3.8, 4) is 17.2 Å². The van der Waals surface area contributed by atoms with E-state index in [-0.39, 0.29) is 33.4 Å². The molecular formula is C19H21NO9S. The minimum Gasteiger partial charge on any atom is -0.493 e. The molecule has 2 rings (SSSR count). The van der Waals surface area contributed by atoms with E-state index in [1.807, 2.05) is 0 Å². The first-order valence-corrected chi connectivity index (χ1v) is 9.87. The molecule has 11 heteroatoms. The molecule has 0 aliphatic carbocycles. The Balaban J connectivity index is 2.72. The van der Waals surface area contributed by atoms with Crippen LogP contribution in [0.3, 0.4) is 0 Å². The molecule has 0 amide bonds. The third-order valence-electron chi connectivity index (χ3n) is 4.20. The van der Waals surface area contributed by atoms with Gasteiger partial charge in [-0.25, -0.2) is 18.0 Å². The van der Waals surface area contributed by atoms with Crippen LogP contribution in [-0.2, 0) is 14.8 Å². The average molecular weight is 439 g/mol. The molecule has 0 spiro atoms. The zero-order valence-corrected chi connectivity index (χ0v) is 17.7. The number of hydrogen-bond donors (Lipinski definition) is 2. The third kappa shape index (κ3) is 4.25. The van der Waals surface area contributed by atoms with E-state index in [9.17, 15) is 23.1 Å². The second-order valence-corrected chi connectivity index (χ2v) is 7.60. The standard InChI is InChI=1S/C19H21NO9S/c1-10-6-7-11(19(23)29-5)8-14(10)30(24,25)20-15-12(18(21)22)9-13(26-2)16(27-3)17(15)28-4/h6-9,20H,1-5H3,(H,21,22). The maximum absolute atomic E-state index is 13.1. The van der Waals surface area contributed by atoms with Crippen molar-refractivity contribution in [2.24, 2.45) is 0 Å². The van der Waals surface area contributed by atoms with Crippen molar-refractivity contribution >= 4 is 27.6 Å². The Morgan fingerprint density at radius 2 is 1.60 bits per heavy atom. The van der Waals surface area contributed by atoms with Gasteiger partial charge in [-0.1, -0.05) is 6.07 Å². The maximum Gasteiger partial charge on any atom is 0.338 e. The van der Waals surface area contributed by atoms with Crippen molar-refractivity contribution in [2.45, 2.75) is 11.8 Å². The fourth-order valence-electron chi connectivity index (χ4n) is 2.75. The lowest BCUT2D eigenvalue weighted by Gasteiger charge is -2.19. The lowest BCUT2D eigenvalue weighted by molar-refractivity contribution is 0.0599. The fourth-order valence-corrected chi connectivity index (χ4v) is 4.11. The molecule has 10 nitrogen and oxygen atoms in total. The molecule has 0 heterocycles. The van der Waals surface area contributed by atoms with Gasteiger partial charge < -0.3 is 24.1 Å². The summed E-state index contributed by atoms with van der Waals surface area (Å²) in [7, 11) is 0.651. The summed E-state index contributed by atoms with van der Waals surface area (Å²) in [5, 5.41) is 9.59. The zero-order valence-electron chi connectivity index (χ0n) is 16.9. The molecule has 0 saturated carbocycles. The number of nitrogens with one attached hydrogen (secondary N) is 1. The number of anilines is 1. The van der Waals surface area contributed by atoms with Gasteiger partial charge in [0.1, 0.15) is 5.69 Å². The van der Waals surface area contributed by atoms with Crippen LogP contribution in [0.25, 0.3) is 0 Å². The summed E-state index contributed by atoms with van der Waals surface area (Å²) in [5.74, 6) is -2.28. The highest BCUT2D eigenvalue weighted by molar-refractivity contribution is 7.92. The average Bonchev–Trinajstić information content (AvgIpc) is 2.72. The lowest BCUT2D eigenvalue weighted by atomic mass is 10.1. The number of ether oxygens (including phenoxy) is 4. The Hall–Kier alpha value is -3.47. The molecule has 0 aliphatic heterocycles. The summed E-state index contributed by atoms with van der Waals surface area (Å²) in [6.07, 6.45) is 0. The summed E-state index contributed by atoms with van der Waals surface area (Å²) in [5.41, 5.74) is -0.437. The quantitative estimate of drug-likeness (QED) is 0.593. The summed E-state index contributed by atoms with van der Waals surface area (Å²) < 4.78 is 48.6. The van der Waals surface area contributed by atoms with Gasteiger partial charge in [0, 0.05) is 6.07 Å². The van der Waals surface area contributed by atoms with E-state index >= 15 is 0 Å². The van der Waals surface area contributed by atoms with E-state index in [0.29, 0.717) is 5.56 Å². The number of carbonyl (C=O) groups excluding carboxylic acids is 1. The van der Waals surface area contributed by atoms with E-state index in [1.165, 1.54) is 47.5 Å². The Kier molecular flexibility index (Phi) is 6.77. The van der Waals surface area contributed by atoms with Crippen LogP contribution >= 0.6 is 0 Å². The molecule has 0 atom stereocenters. The molecule has 0 fully saturated rings. The smallest absolute Gasteiger partial charge is 0.338 e. The summed E-state index contributed by atoms with van der Waals surface area (Å²) in [6.45, 7) is 1.53. The SMILES string of the molecule is COC(=O)c1ccc(C)c(S(=O)(=O)Nc2c(C(=O)O)cc(OC)c(OC)c2OC)c1. The molecule has 2 aromatic rings. The number of carboxylic acids is 1. The number of methoxy groups -OCH3 is 4. The van der Waals surface area contributed by atoms with Crippen LogP contribution in [0.1, 0.15) is 26.3 Å². The Morgan fingerprint density at radius 3 is 2.10 bits per heavy atom. The van der Waals surface area contributed by atoms with Gasteiger partial charge in [-0.2, -0.15) is 0 Å². The van der Waals surface area contributed by atoms with Crippen LogP contribution in [0.15, 0.2) is 29.2 Å². The molecule has 0 aromatic heterocycles. The molecule has 0 aliphatic rings. The first kappa shape index (κ1) is 22.8. The van der Waals surface area contributed by atoms with Crippen LogP contribution in [-0.4, -0.2) is 53.9 Å². The largest absolute Gasteiger partial charge is 0.493 e. The number of aromatic carboxylic acids is 1. The Labute approximate surface area is 173 Å². The molecule has 2 aromatic carbocycles. The molecule has 0 unspecified atom stereocenters. The Bertz CT molecular complexity index is 1090. The second kappa shape index (κ2) is 8.91. The molecular weight excluding hydrogens is 418 g/mol. The number of rotatable bonds is 8. The number of sulfonamides is 1. The minimum absolute atomic E-state index is 0.00253. The lowest BCUT2D eigenvalue weighted by Crippen LogP contribution is -2.18. The van der Waals surface area contributed by atoms with E-state index in [2.05, 4.69) is 9.46 Å². The summed E-state index contributed by atoms with van der Waals surface area (Å²) in [4.78, 5) is 23.3. The number of carboxylic acid groups (broad SMARTS) is 1. The van der Waals surface area contributed by atoms with Gasteiger partial charge in [-0.15, -0.1) is 0 Å². The van der Waals surface area contributed by atoms with Crippen molar-refractivity contribution in [2.75, 3.05) is 33.2 Å². The van der Waals surface area contributed by atoms with Gasteiger partial charge in [0.2, 0.25) is 5.75 Å². The first-order chi connectivity index (χ1) is 14.1. The molecule has 0 saturated heterocycles. The molecule has 2 N–H and O–H groups in total. The highest BCUT2D eigenvalue weighted by Crippen LogP contribution is 2.46. The van der Waals surface area contributed by atoms with Crippen molar-refractivity contribution in [3.63, 3.8) is 0 Å². The maximum atomic E-state index is 13.1. The molecule has 0 radical (unpaired) electrons. The van der Waals surface area contributed by atoms with E-state index in [1.54, 1.807) is 0 Å². The van der Waals surface area contributed by atoms with Crippen LogP contribution in [0, 0.1) is 6.92 Å². The number of carbonyl (C=O) groups is 2. The number of esters is 1. The van der Waals surface area contributed by atoms with Gasteiger partial charge in [0.05, 0.1) is 44.5 Å². The van der Waals surface area contributed by atoms with Gasteiger partial charge in [-0.05, 0) is 24.6 Å². The minimum atomic E-state index is -4.34. The zero-order chi connectivity index (χ0) is 22.6. The highest BCUT2D eigenvalue weighted by Gasteiger charge is 2.29. The van der Waals surface area contributed by atoms with Gasteiger partial charge in [0.15, 0.2) is 11.5 Å². The van der Waals surface area contributed by atoms with Crippen LogP contribution < -0.4 is 18.9 Å². The van der Waals surface area contributed by atoms with Crippen LogP contribution in [0.5, 0.6) is 17.2 Å². The summed E-state index contributed by atoms with van der Waals surface area (Å²) >= 11 is 0. The highest BCUT2D eigenvalue weighted by atomic mass is 32.2. The molecule has 0 bridgehead atoms. The Morgan fingerprint density at radius 1 is 0.967 bits per heavy atom.